The lowest BCUT2D eigenvalue weighted by molar-refractivity contribution is -0.384. The minimum absolute atomic E-state index is 0.0312. The molecule has 0 aliphatic carbocycles. The van der Waals surface area contributed by atoms with Gasteiger partial charge in [-0.1, -0.05) is 18.2 Å². The molecule has 4 aromatic rings. The van der Waals surface area contributed by atoms with Crippen LogP contribution in [0.25, 0.3) is 16.7 Å². The first-order valence-corrected chi connectivity index (χ1v) is 8.36. The Bertz CT molecular complexity index is 1170. The van der Waals surface area contributed by atoms with Crippen LogP contribution < -0.4 is 4.90 Å². The maximum atomic E-state index is 11.2. The molecule has 8 heteroatoms. The number of benzene rings is 2. The molecule has 0 fully saturated rings. The highest BCUT2D eigenvalue weighted by atomic mass is 16.6. The normalized spacial score (nSPS) is 13.9. The molecule has 0 saturated heterocycles. The Morgan fingerprint density at radius 3 is 2.92 bits per heavy atom. The molecule has 0 saturated carbocycles. The number of nitrogens with zero attached hydrogens (tertiary/aromatic N) is 6. The quantitative estimate of drug-likeness (QED) is 0.409. The maximum Gasteiger partial charge on any atom is 0.271 e. The van der Waals surface area contributed by atoms with Crippen LogP contribution in [0.2, 0.25) is 0 Å². The first kappa shape index (κ1) is 14.8. The third-order valence-electron chi connectivity index (χ3n) is 4.79. The number of fused-ring (bicyclic) bond motifs is 4. The van der Waals surface area contributed by atoms with Crippen LogP contribution in [0, 0.1) is 10.1 Å². The highest BCUT2D eigenvalue weighted by Gasteiger charge is 2.23. The highest BCUT2D eigenvalue weighted by molar-refractivity contribution is 5.95. The van der Waals surface area contributed by atoms with Crippen molar-refractivity contribution in [3.63, 3.8) is 0 Å². The van der Waals surface area contributed by atoms with Crippen LogP contribution in [0.1, 0.15) is 12.0 Å². The molecule has 0 unspecified atom stereocenters. The summed E-state index contributed by atoms with van der Waals surface area (Å²) in [5.74, 6) is 1.18. The monoisotopic (exact) mass is 346 g/mol. The first-order chi connectivity index (χ1) is 12.7. The van der Waals surface area contributed by atoms with Crippen molar-refractivity contribution in [1.82, 2.24) is 19.6 Å². The molecular weight excluding hydrogens is 332 g/mol. The second-order valence-corrected chi connectivity index (χ2v) is 6.28. The van der Waals surface area contributed by atoms with Crippen LogP contribution in [0.3, 0.4) is 0 Å². The van der Waals surface area contributed by atoms with Gasteiger partial charge in [0.05, 0.1) is 10.4 Å². The Balaban J connectivity index is 1.82. The van der Waals surface area contributed by atoms with Crippen molar-refractivity contribution in [2.24, 2.45) is 0 Å². The fraction of sp³-hybridized carbons (Fsp3) is 0.167. The SMILES string of the molecule is O=[N+]([O-])c1ccc2c(N3CCCc4ccccc43)nc3nncn3c2c1. The second-order valence-electron chi connectivity index (χ2n) is 6.28. The number of aromatic nitrogens is 4. The van der Waals surface area contributed by atoms with Crippen LogP contribution in [-0.4, -0.2) is 31.1 Å². The van der Waals surface area contributed by atoms with E-state index in [1.54, 1.807) is 16.5 Å². The Morgan fingerprint density at radius 1 is 1.15 bits per heavy atom. The van der Waals surface area contributed by atoms with E-state index in [0.29, 0.717) is 11.3 Å². The van der Waals surface area contributed by atoms with E-state index in [0.717, 1.165) is 36.3 Å². The standard InChI is InChI=1S/C18H14N6O2/c25-24(26)13-7-8-14-16(10-13)23-11-19-21-18(23)20-17(14)22-9-3-5-12-4-1-2-6-15(12)22/h1-2,4,6-8,10-11H,3,5,9H2. The maximum absolute atomic E-state index is 11.2. The molecule has 3 heterocycles. The van der Waals surface area contributed by atoms with E-state index >= 15 is 0 Å². The van der Waals surface area contributed by atoms with Gasteiger partial charge in [0, 0.05) is 29.8 Å². The zero-order valence-electron chi connectivity index (χ0n) is 13.7. The van der Waals surface area contributed by atoms with E-state index < -0.39 is 4.92 Å². The van der Waals surface area contributed by atoms with Crippen molar-refractivity contribution in [2.45, 2.75) is 12.8 Å². The van der Waals surface area contributed by atoms with Crippen LogP contribution >= 0.6 is 0 Å². The molecule has 0 bridgehead atoms. The fourth-order valence-corrected chi connectivity index (χ4v) is 3.61. The topological polar surface area (TPSA) is 89.5 Å². The summed E-state index contributed by atoms with van der Waals surface area (Å²) in [5, 5.41) is 20.0. The molecule has 5 rings (SSSR count). The van der Waals surface area contributed by atoms with Crippen molar-refractivity contribution < 1.29 is 4.92 Å². The van der Waals surface area contributed by atoms with Gasteiger partial charge in [-0.05, 0) is 30.5 Å². The third-order valence-corrected chi connectivity index (χ3v) is 4.79. The van der Waals surface area contributed by atoms with Crippen molar-refractivity contribution in [3.05, 3.63) is 64.5 Å². The number of hydrogen-bond acceptors (Lipinski definition) is 6. The fourth-order valence-electron chi connectivity index (χ4n) is 3.61. The van der Waals surface area contributed by atoms with Crippen LogP contribution in [-0.2, 0) is 6.42 Å². The lowest BCUT2D eigenvalue weighted by atomic mass is 10.0. The number of nitro groups is 1. The Hall–Kier alpha value is -3.55. The number of non-ortho nitro benzene ring substituents is 1. The van der Waals surface area contributed by atoms with Gasteiger partial charge in [-0.25, -0.2) is 0 Å². The van der Waals surface area contributed by atoms with Crippen molar-refractivity contribution in [3.8, 4) is 0 Å². The number of para-hydroxylation sites is 1. The number of anilines is 2. The Labute approximate surface area is 147 Å². The van der Waals surface area contributed by atoms with Gasteiger partial charge < -0.3 is 4.90 Å². The number of hydrogen-bond donors (Lipinski definition) is 0. The molecule has 0 N–H and O–H groups in total. The Morgan fingerprint density at radius 2 is 2.04 bits per heavy atom. The summed E-state index contributed by atoms with van der Waals surface area (Å²) in [4.78, 5) is 17.7. The summed E-state index contributed by atoms with van der Waals surface area (Å²) >= 11 is 0. The second kappa shape index (κ2) is 5.48. The van der Waals surface area contributed by atoms with Gasteiger partial charge in [0.15, 0.2) is 0 Å². The number of nitro benzene ring substituents is 1. The lowest BCUT2D eigenvalue weighted by Crippen LogP contribution is -2.25. The summed E-state index contributed by atoms with van der Waals surface area (Å²) in [5.41, 5.74) is 3.10. The lowest BCUT2D eigenvalue weighted by Gasteiger charge is -2.31. The molecule has 0 spiro atoms. The number of rotatable bonds is 2. The van der Waals surface area contributed by atoms with E-state index in [1.165, 1.54) is 18.0 Å². The predicted octanol–water partition coefficient (Wildman–Crippen LogP) is 3.27. The summed E-state index contributed by atoms with van der Waals surface area (Å²) in [7, 11) is 0. The zero-order valence-corrected chi connectivity index (χ0v) is 13.7. The largest absolute Gasteiger partial charge is 0.325 e. The number of aryl methyl sites for hydroxylation is 1. The van der Waals surface area contributed by atoms with Crippen LogP contribution in [0.15, 0.2) is 48.8 Å². The van der Waals surface area contributed by atoms with Crippen LogP contribution in [0.4, 0.5) is 17.2 Å². The van der Waals surface area contributed by atoms with E-state index in [1.807, 2.05) is 12.1 Å². The molecule has 2 aromatic heterocycles. The van der Waals surface area contributed by atoms with Crippen molar-refractivity contribution in [2.75, 3.05) is 11.4 Å². The van der Waals surface area contributed by atoms with Gasteiger partial charge in [-0.2, -0.15) is 4.98 Å². The molecule has 8 nitrogen and oxygen atoms in total. The van der Waals surface area contributed by atoms with Gasteiger partial charge in [0.25, 0.3) is 11.5 Å². The average Bonchev–Trinajstić information content (AvgIpc) is 3.15. The van der Waals surface area contributed by atoms with Crippen LogP contribution in [0.5, 0.6) is 0 Å². The molecular formula is C18H14N6O2. The van der Waals surface area contributed by atoms with Crippen molar-refractivity contribution >= 4 is 33.9 Å². The molecule has 2 aromatic carbocycles. The van der Waals surface area contributed by atoms with Gasteiger partial charge in [0.2, 0.25) is 0 Å². The minimum Gasteiger partial charge on any atom is -0.325 e. The molecule has 1 aliphatic rings. The average molecular weight is 346 g/mol. The Kier molecular flexibility index (Phi) is 3.11. The smallest absolute Gasteiger partial charge is 0.271 e. The summed E-state index contributed by atoms with van der Waals surface area (Å²) in [6.07, 6.45) is 3.58. The van der Waals surface area contributed by atoms with Crippen molar-refractivity contribution in [1.29, 1.82) is 0 Å². The minimum atomic E-state index is -0.397. The van der Waals surface area contributed by atoms with E-state index in [-0.39, 0.29) is 5.69 Å². The molecule has 128 valence electrons. The molecule has 1 aliphatic heterocycles. The summed E-state index contributed by atoms with van der Waals surface area (Å²) in [6.45, 7) is 0.834. The third kappa shape index (κ3) is 2.12. The van der Waals surface area contributed by atoms with E-state index in [4.69, 9.17) is 4.98 Å². The van der Waals surface area contributed by atoms with Gasteiger partial charge in [-0.15, -0.1) is 10.2 Å². The molecule has 0 amide bonds. The highest BCUT2D eigenvalue weighted by Crippen LogP contribution is 2.37. The van der Waals surface area contributed by atoms with E-state index in [9.17, 15) is 10.1 Å². The summed E-state index contributed by atoms with van der Waals surface area (Å²) < 4.78 is 1.68. The van der Waals surface area contributed by atoms with Gasteiger partial charge in [-0.3, -0.25) is 14.5 Å². The molecule has 26 heavy (non-hydrogen) atoms. The first-order valence-electron chi connectivity index (χ1n) is 8.36. The molecule has 0 atom stereocenters. The summed E-state index contributed by atoms with van der Waals surface area (Å²) in [6, 6.07) is 13.1. The van der Waals surface area contributed by atoms with Gasteiger partial charge in [0.1, 0.15) is 12.1 Å². The zero-order chi connectivity index (χ0) is 17.7. The predicted molar refractivity (Wildman–Crippen MR) is 96.7 cm³/mol. The molecule has 0 radical (unpaired) electrons. The van der Waals surface area contributed by atoms with E-state index in [2.05, 4.69) is 27.2 Å². The van der Waals surface area contributed by atoms with Gasteiger partial charge >= 0.3 is 0 Å².